The monoisotopic (exact) mass is 490 g/mol. The van der Waals surface area contributed by atoms with Gasteiger partial charge in [0, 0.05) is 31.1 Å². The minimum Gasteiger partial charge on any atom is -0.376 e. The molecule has 1 aliphatic heterocycles. The summed E-state index contributed by atoms with van der Waals surface area (Å²) in [7, 11) is 0. The van der Waals surface area contributed by atoms with Gasteiger partial charge in [0.15, 0.2) is 0 Å². The highest BCUT2D eigenvalue weighted by Crippen LogP contribution is 2.18. The molecule has 2 atom stereocenters. The molecule has 3 aromatic rings. The maximum absolute atomic E-state index is 13.7. The minimum atomic E-state index is -0.654. The van der Waals surface area contributed by atoms with E-state index in [4.69, 9.17) is 16.3 Å². The van der Waals surface area contributed by atoms with Crippen molar-refractivity contribution in [2.75, 3.05) is 13.2 Å². The Balaban J connectivity index is 1.60. The predicted octanol–water partition coefficient (Wildman–Crippen LogP) is 4.82. The zero-order chi connectivity index (χ0) is 24.5. The largest absolute Gasteiger partial charge is 0.376 e. The summed E-state index contributed by atoms with van der Waals surface area (Å²) in [4.78, 5) is 29.0. The highest BCUT2D eigenvalue weighted by Gasteiger charge is 2.31. The quantitative estimate of drug-likeness (QED) is 0.443. The van der Waals surface area contributed by atoms with Crippen LogP contribution >= 0.6 is 11.6 Å². The van der Waals surface area contributed by atoms with Crippen LogP contribution < -0.4 is 5.32 Å². The van der Waals surface area contributed by atoms with E-state index in [0.29, 0.717) is 24.5 Å². The van der Waals surface area contributed by atoms with Crippen molar-refractivity contribution in [2.45, 2.75) is 44.4 Å². The van der Waals surface area contributed by atoms with E-state index in [2.05, 4.69) is 5.32 Å². The highest BCUT2D eigenvalue weighted by atomic mass is 35.5. The fourth-order valence-electron chi connectivity index (χ4n) is 4.35. The van der Waals surface area contributed by atoms with E-state index in [1.807, 2.05) is 72.8 Å². The molecule has 0 aliphatic carbocycles. The van der Waals surface area contributed by atoms with Crippen molar-refractivity contribution in [3.63, 3.8) is 0 Å². The maximum atomic E-state index is 13.7. The van der Waals surface area contributed by atoms with Crippen molar-refractivity contribution in [3.05, 3.63) is 107 Å². The van der Waals surface area contributed by atoms with Gasteiger partial charge in [-0.1, -0.05) is 84.4 Å². The molecule has 0 bridgehead atoms. The lowest BCUT2D eigenvalue weighted by molar-refractivity contribution is -0.141. The van der Waals surface area contributed by atoms with Crippen molar-refractivity contribution in [1.82, 2.24) is 10.2 Å². The lowest BCUT2D eigenvalue weighted by Gasteiger charge is -2.32. The second-order valence-corrected chi connectivity index (χ2v) is 9.33. The minimum absolute atomic E-state index is 0.0312. The summed E-state index contributed by atoms with van der Waals surface area (Å²) in [6, 6.07) is 26.2. The Morgan fingerprint density at radius 3 is 2.20 bits per heavy atom. The Labute approximate surface area is 212 Å². The van der Waals surface area contributed by atoms with Crippen LogP contribution in [0.2, 0.25) is 5.02 Å². The zero-order valence-electron chi connectivity index (χ0n) is 19.7. The Morgan fingerprint density at radius 2 is 1.57 bits per heavy atom. The van der Waals surface area contributed by atoms with E-state index < -0.39 is 6.04 Å². The molecular weight excluding hydrogens is 460 g/mol. The average molecular weight is 491 g/mol. The van der Waals surface area contributed by atoms with Crippen LogP contribution in [0.4, 0.5) is 0 Å². The summed E-state index contributed by atoms with van der Waals surface area (Å²) in [5.41, 5.74) is 2.83. The van der Waals surface area contributed by atoms with Crippen molar-refractivity contribution in [3.8, 4) is 0 Å². The van der Waals surface area contributed by atoms with E-state index in [9.17, 15) is 9.59 Å². The molecule has 35 heavy (non-hydrogen) atoms. The molecule has 182 valence electrons. The van der Waals surface area contributed by atoms with E-state index in [0.717, 1.165) is 36.1 Å². The summed E-state index contributed by atoms with van der Waals surface area (Å²) < 4.78 is 5.69. The van der Waals surface area contributed by atoms with Gasteiger partial charge in [0.25, 0.3) is 0 Å². The number of carbonyl (C=O) groups excluding carboxylic acids is 2. The van der Waals surface area contributed by atoms with Crippen LogP contribution in [-0.4, -0.2) is 42.0 Å². The smallest absolute Gasteiger partial charge is 0.243 e. The van der Waals surface area contributed by atoms with E-state index in [1.54, 1.807) is 17.0 Å². The lowest BCUT2D eigenvalue weighted by Crippen LogP contribution is -2.52. The maximum Gasteiger partial charge on any atom is 0.243 e. The Hall–Kier alpha value is -3.15. The van der Waals surface area contributed by atoms with Crippen LogP contribution in [0, 0.1) is 0 Å². The summed E-state index contributed by atoms with van der Waals surface area (Å²) >= 11 is 6.03. The van der Waals surface area contributed by atoms with Crippen LogP contribution in [0.3, 0.4) is 0 Å². The highest BCUT2D eigenvalue weighted by molar-refractivity contribution is 6.30. The molecule has 1 N–H and O–H groups in total. The molecule has 1 saturated heterocycles. The molecule has 1 heterocycles. The average Bonchev–Trinajstić information content (AvgIpc) is 3.41. The predicted molar refractivity (Wildman–Crippen MR) is 138 cm³/mol. The van der Waals surface area contributed by atoms with E-state index >= 15 is 0 Å². The second kappa shape index (κ2) is 12.5. The number of hydrogen-bond donors (Lipinski definition) is 1. The summed E-state index contributed by atoms with van der Waals surface area (Å²) in [6.07, 6.45) is 2.59. The van der Waals surface area contributed by atoms with Crippen molar-refractivity contribution in [2.24, 2.45) is 0 Å². The Morgan fingerprint density at radius 1 is 0.914 bits per heavy atom. The third-order valence-corrected chi connectivity index (χ3v) is 6.52. The van der Waals surface area contributed by atoms with Crippen molar-refractivity contribution < 1.29 is 14.3 Å². The van der Waals surface area contributed by atoms with Crippen molar-refractivity contribution in [1.29, 1.82) is 0 Å². The second-order valence-electron chi connectivity index (χ2n) is 8.90. The van der Waals surface area contributed by atoms with Gasteiger partial charge in [0.2, 0.25) is 11.8 Å². The number of benzene rings is 3. The van der Waals surface area contributed by atoms with E-state index in [-0.39, 0.29) is 24.3 Å². The molecule has 6 heteroatoms. The first-order valence-electron chi connectivity index (χ1n) is 12.1. The summed E-state index contributed by atoms with van der Waals surface area (Å²) in [5, 5.41) is 3.69. The molecule has 1 aliphatic rings. The van der Waals surface area contributed by atoms with Gasteiger partial charge in [-0.15, -0.1) is 0 Å². The molecule has 0 aromatic heterocycles. The Bertz CT molecular complexity index is 1080. The molecule has 1 fully saturated rings. The van der Waals surface area contributed by atoms with Crippen LogP contribution in [0.25, 0.3) is 0 Å². The number of halogens is 1. The van der Waals surface area contributed by atoms with Gasteiger partial charge in [0.1, 0.15) is 6.04 Å². The van der Waals surface area contributed by atoms with Gasteiger partial charge in [0.05, 0.1) is 12.5 Å². The lowest BCUT2D eigenvalue weighted by atomic mass is 10.0. The standard InChI is InChI=1S/C29H31ClN2O3/c30-25-15-13-23(14-16-25)19-28(33)32(21-24-10-5-2-6-11-24)27(18-22-8-3-1-4-9-22)29(34)31-20-26-12-7-17-35-26/h1-6,8-11,13-16,26-27H,7,12,17-21H2,(H,31,34). The van der Waals surface area contributed by atoms with Gasteiger partial charge < -0.3 is 15.0 Å². The van der Waals surface area contributed by atoms with Gasteiger partial charge in [-0.05, 0) is 41.7 Å². The number of nitrogens with one attached hydrogen (secondary N) is 1. The first-order chi connectivity index (χ1) is 17.1. The molecule has 4 rings (SSSR count). The number of carbonyl (C=O) groups is 2. The first-order valence-corrected chi connectivity index (χ1v) is 12.5. The van der Waals surface area contributed by atoms with Gasteiger partial charge >= 0.3 is 0 Å². The fourth-order valence-corrected chi connectivity index (χ4v) is 4.48. The zero-order valence-corrected chi connectivity index (χ0v) is 20.5. The Kier molecular flexibility index (Phi) is 8.93. The van der Waals surface area contributed by atoms with Gasteiger partial charge in [-0.2, -0.15) is 0 Å². The summed E-state index contributed by atoms with van der Waals surface area (Å²) in [5.74, 6) is -0.269. The normalized spacial score (nSPS) is 16.0. The number of nitrogens with zero attached hydrogens (tertiary/aromatic N) is 1. The van der Waals surface area contributed by atoms with Gasteiger partial charge in [-0.25, -0.2) is 0 Å². The van der Waals surface area contributed by atoms with E-state index in [1.165, 1.54) is 0 Å². The molecule has 0 saturated carbocycles. The third kappa shape index (κ3) is 7.41. The van der Waals surface area contributed by atoms with Crippen LogP contribution in [0.5, 0.6) is 0 Å². The molecule has 3 aromatic carbocycles. The van der Waals surface area contributed by atoms with Crippen molar-refractivity contribution >= 4 is 23.4 Å². The number of amides is 2. The molecule has 5 nitrogen and oxygen atoms in total. The SMILES string of the molecule is O=C(NCC1CCCO1)C(Cc1ccccc1)N(Cc1ccccc1)C(=O)Cc1ccc(Cl)cc1. The molecule has 0 spiro atoms. The topological polar surface area (TPSA) is 58.6 Å². The molecule has 2 amide bonds. The third-order valence-electron chi connectivity index (χ3n) is 6.26. The number of hydrogen-bond acceptors (Lipinski definition) is 3. The molecular formula is C29H31ClN2O3. The number of rotatable bonds is 10. The van der Waals surface area contributed by atoms with Crippen LogP contribution in [0.15, 0.2) is 84.9 Å². The fraction of sp³-hybridized carbons (Fsp3) is 0.310. The van der Waals surface area contributed by atoms with Gasteiger partial charge in [-0.3, -0.25) is 9.59 Å². The first kappa shape index (κ1) is 25.0. The van der Waals surface area contributed by atoms with Crippen LogP contribution in [-0.2, 0) is 33.7 Å². The molecule has 2 unspecified atom stereocenters. The molecule has 0 radical (unpaired) electrons. The number of ether oxygens (including phenoxy) is 1. The summed E-state index contributed by atoms with van der Waals surface area (Å²) in [6.45, 7) is 1.53. The van der Waals surface area contributed by atoms with Crippen LogP contribution in [0.1, 0.15) is 29.5 Å².